The molecular weight excluding hydrogens is 447 g/mol. The standard InChI is InChI=1S/C25H32Cl2N2O3/c1-6-18(5)28-25(31)23(7-2)29(14-19-9-11-21(26)22(27)13-19)24(30)15-32-20-10-8-16(3)17(4)12-20/h8-13,18,23H,6-7,14-15H2,1-5H3,(H,28,31)/t18-,23+/m0/s1. The van der Waals surface area contributed by atoms with E-state index in [2.05, 4.69) is 5.32 Å². The first-order chi connectivity index (χ1) is 15.2. The van der Waals surface area contributed by atoms with E-state index in [0.717, 1.165) is 23.1 Å². The molecule has 2 amide bonds. The Bertz CT molecular complexity index is 949. The van der Waals surface area contributed by atoms with Gasteiger partial charge in [0.05, 0.1) is 10.0 Å². The van der Waals surface area contributed by atoms with Gasteiger partial charge in [-0.15, -0.1) is 0 Å². The summed E-state index contributed by atoms with van der Waals surface area (Å²) in [5.41, 5.74) is 3.02. The number of nitrogens with zero attached hydrogens (tertiary/aromatic N) is 1. The number of hydrogen-bond acceptors (Lipinski definition) is 3. The van der Waals surface area contributed by atoms with E-state index in [9.17, 15) is 9.59 Å². The average Bonchev–Trinajstić information content (AvgIpc) is 2.76. The molecule has 0 aliphatic heterocycles. The highest BCUT2D eigenvalue weighted by molar-refractivity contribution is 6.42. The van der Waals surface area contributed by atoms with Crippen LogP contribution in [0.1, 0.15) is 50.3 Å². The number of benzene rings is 2. The Hall–Kier alpha value is -2.24. The fourth-order valence-electron chi connectivity index (χ4n) is 3.23. The van der Waals surface area contributed by atoms with Crippen molar-refractivity contribution < 1.29 is 14.3 Å². The van der Waals surface area contributed by atoms with Gasteiger partial charge in [-0.05, 0) is 74.6 Å². The van der Waals surface area contributed by atoms with Crippen LogP contribution in [0.5, 0.6) is 5.75 Å². The van der Waals surface area contributed by atoms with Gasteiger partial charge in [0.2, 0.25) is 5.91 Å². The van der Waals surface area contributed by atoms with Crippen LogP contribution in [0.25, 0.3) is 0 Å². The molecule has 0 heterocycles. The SMILES string of the molecule is CC[C@H](C(=O)N[C@@H](C)CC)N(Cc1ccc(Cl)c(Cl)c1)C(=O)COc1ccc(C)c(C)c1. The third-order valence-electron chi connectivity index (χ3n) is 5.56. The number of carbonyl (C=O) groups excluding carboxylic acids is 2. The Balaban J connectivity index is 2.25. The largest absolute Gasteiger partial charge is 0.484 e. The van der Waals surface area contributed by atoms with Crippen LogP contribution in [-0.2, 0) is 16.1 Å². The maximum atomic E-state index is 13.2. The Morgan fingerprint density at radius 2 is 1.72 bits per heavy atom. The molecule has 0 saturated carbocycles. The highest BCUT2D eigenvalue weighted by Crippen LogP contribution is 2.24. The van der Waals surface area contributed by atoms with E-state index in [0.29, 0.717) is 22.2 Å². The summed E-state index contributed by atoms with van der Waals surface area (Å²) in [5, 5.41) is 3.83. The number of amides is 2. The molecule has 0 unspecified atom stereocenters. The van der Waals surface area contributed by atoms with Gasteiger partial charge < -0.3 is 15.0 Å². The molecule has 2 atom stereocenters. The Morgan fingerprint density at radius 1 is 1.00 bits per heavy atom. The molecule has 0 aromatic heterocycles. The molecule has 0 aliphatic rings. The summed E-state index contributed by atoms with van der Waals surface area (Å²) >= 11 is 12.2. The molecule has 174 valence electrons. The predicted molar refractivity (Wildman–Crippen MR) is 130 cm³/mol. The fourth-order valence-corrected chi connectivity index (χ4v) is 3.55. The van der Waals surface area contributed by atoms with Gasteiger partial charge in [0.15, 0.2) is 6.61 Å². The molecule has 2 aromatic rings. The van der Waals surface area contributed by atoms with Crippen molar-refractivity contribution >= 4 is 35.0 Å². The molecule has 2 rings (SSSR count). The maximum Gasteiger partial charge on any atom is 0.261 e. The van der Waals surface area contributed by atoms with E-state index < -0.39 is 6.04 Å². The van der Waals surface area contributed by atoms with Crippen LogP contribution in [0, 0.1) is 13.8 Å². The van der Waals surface area contributed by atoms with E-state index in [4.69, 9.17) is 27.9 Å². The molecule has 2 aromatic carbocycles. The van der Waals surface area contributed by atoms with Gasteiger partial charge in [0.25, 0.3) is 5.91 Å². The highest BCUT2D eigenvalue weighted by atomic mass is 35.5. The number of hydrogen-bond donors (Lipinski definition) is 1. The summed E-state index contributed by atoms with van der Waals surface area (Å²) in [6.45, 7) is 9.90. The minimum atomic E-state index is -0.630. The van der Waals surface area contributed by atoms with Crippen LogP contribution in [-0.4, -0.2) is 35.4 Å². The Morgan fingerprint density at radius 3 is 2.31 bits per heavy atom. The van der Waals surface area contributed by atoms with Crippen molar-refractivity contribution in [3.05, 3.63) is 63.1 Å². The number of aryl methyl sites for hydroxylation is 2. The fraction of sp³-hybridized carbons (Fsp3) is 0.440. The first-order valence-electron chi connectivity index (χ1n) is 10.9. The van der Waals surface area contributed by atoms with Crippen molar-refractivity contribution in [1.82, 2.24) is 10.2 Å². The lowest BCUT2D eigenvalue weighted by atomic mass is 10.1. The van der Waals surface area contributed by atoms with Crippen molar-refractivity contribution in [3.63, 3.8) is 0 Å². The Labute approximate surface area is 201 Å². The number of carbonyl (C=O) groups is 2. The van der Waals surface area contributed by atoms with E-state index in [1.165, 1.54) is 0 Å². The van der Waals surface area contributed by atoms with Gasteiger partial charge in [0, 0.05) is 12.6 Å². The second-order valence-corrected chi connectivity index (χ2v) is 8.86. The van der Waals surface area contributed by atoms with E-state index >= 15 is 0 Å². The van der Waals surface area contributed by atoms with Crippen LogP contribution >= 0.6 is 23.2 Å². The number of nitrogens with one attached hydrogen (secondary N) is 1. The Kier molecular flexibility index (Phi) is 9.85. The van der Waals surface area contributed by atoms with Crippen molar-refractivity contribution in [2.24, 2.45) is 0 Å². The highest BCUT2D eigenvalue weighted by Gasteiger charge is 2.29. The predicted octanol–water partition coefficient (Wildman–Crippen LogP) is 5.71. The molecule has 0 saturated heterocycles. The maximum absolute atomic E-state index is 13.2. The zero-order chi connectivity index (χ0) is 23.8. The molecule has 0 spiro atoms. The molecule has 0 aliphatic carbocycles. The van der Waals surface area contributed by atoms with Gasteiger partial charge in [-0.3, -0.25) is 9.59 Å². The molecule has 1 N–H and O–H groups in total. The average molecular weight is 479 g/mol. The van der Waals surface area contributed by atoms with Gasteiger partial charge >= 0.3 is 0 Å². The van der Waals surface area contributed by atoms with Gasteiger partial charge in [0.1, 0.15) is 11.8 Å². The van der Waals surface area contributed by atoms with Crippen molar-refractivity contribution in [2.45, 2.75) is 66.1 Å². The van der Waals surface area contributed by atoms with E-state index in [1.807, 2.05) is 52.8 Å². The topological polar surface area (TPSA) is 58.6 Å². The van der Waals surface area contributed by atoms with Gasteiger partial charge in [-0.1, -0.05) is 49.2 Å². The van der Waals surface area contributed by atoms with E-state index in [1.54, 1.807) is 23.1 Å². The molecule has 0 fully saturated rings. The summed E-state index contributed by atoms with van der Waals surface area (Å²) in [6, 6.07) is 10.3. The smallest absolute Gasteiger partial charge is 0.261 e. The lowest BCUT2D eigenvalue weighted by Crippen LogP contribution is -2.51. The third-order valence-corrected chi connectivity index (χ3v) is 6.30. The summed E-state index contributed by atoms with van der Waals surface area (Å²) in [5.74, 6) is 0.162. The van der Waals surface area contributed by atoms with Crippen LogP contribution < -0.4 is 10.1 Å². The number of halogens is 2. The molecule has 32 heavy (non-hydrogen) atoms. The second kappa shape index (κ2) is 12.1. The van der Waals surface area contributed by atoms with Crippen molar-refractivity contribution in [1.29, 1.82) is 0 Å². The lowest BCUT2D eigenvalue weighted by Gasteiger charge is -2.31. The molecular formula is C25H32Cl2N2O3. The van der Waals surface area contributed by atoms with Crippen molar-refractivity contribution in [2.75, 3.05) is 6.61 Å². The number of ether oxygens (including phenoxy) is 1. The molecule has 0 radical (unpaired) electrons. The van der Waals surface area contributed by atoms with Crippen molar-refractivity contribution in [3.8, 4) is 5.75 Å². The van der Waals surface area contributed by atoms with Crippen LogP contribution in [0.3, 0.4) is 0 Å². The normalized spacial score (nSPS) is 12.7. The minimum absolute atomic E-state index is 0.0188. The monoisotopic (exact) mass is 478 g/mol. The van der Waals surface area contributed by atoms with Gasteiger partial charge in [-0.2, -0.15) is 0 Å². The van der Waals surface area contributed by atoms with Crippen LogP contribution in [0.2, 0.25) is 10.0 Å². The third kappa shape index (κ3) is 7.14. The minimum Gasteiger partial charge on any atom is -0.484 e. The van der Waals surface area contributed by atoms with Gasteiger partial charge in [-0.25, -0.2) is 0 Å². The lowest BCUT2D eigenvalue weighted by molar-refractivity contribution is -0.143. The van der Waals surface area contributed by atoms with Crippen LogP contribution in [0.4, 0.5) is 0 Å². The first-order valence-corrected chi connectivity index (χ1v) is 11.7. The summed E-state index contributed by atoms with van der Waals surface area (Å²) in [4.78, 5) is 27.8. The summed E-state index contributed by atoms with van der Waals surface area (Å²) < 4.78 is 5.77. The first kappa shape index (κ1) is 26.0. The van der Waals surface area contributed by atoms with E-state index in [-0.39, 0.29) is 31.0 Å². The second-order valence-electron chi connectivity index (χ2n) is 8.05. The zero-order valence-electron chi connectivity index (χ0n) is 19.4. The summed E-state index contributed by atoms with van der Waals surface area (Å²) in [6.07, 6.45) is 1.28. The number of rotatable bonds is 10. The molecule has 0 bridgehead atoms. The summed E-state index contributed by atoms with van der Waals surface area (Å²) in [7, 11) is 0. The molecule has 5 nitrogen and oxygen atoms in total. The van der Waals surface area contributed by atoms with Crippen LogP contribution in [0.15, 0.2) is 36.4 Å². The quantitative estimate of drug-likeness (QED) is 0.475. The zero-order valence-corrected chi connectivity index (χ0v) is 20.9. The molecule has 7 heteroatoms.